The summed E-state index contributed by atoms with van der Waals surface area (Å²) >= 11 is 0. The first kappa shape index (κ1) is 25.5. The second-order valence-corrected chi connectivity index (χ2v) is 9.25. The molecule has 172 valence electrons. The molecule has 3 rings (SSSR count). The van der Waals surface area contributed by atoms with Crippen LogP contribution in [0.15, 0.2) is 24.3 Å². The molecule has 1 unspecified atom stereocenters. The number of hydrogen-bond donors (Lipinski definition) is 0. The van der Waals surface area contributed by atoms with Crippen LogP contribution in [0.5, 0.6) is 11.5 Å². The predicted octanol–water partition coefficient (Wildman–Crippen LogP) is 2.60. The summed E-state index contributed by atoms with van der Waals surface area (Å²) in [5, 5.41) is 0. The van der Waals surface area contributed by atoms with Crippen LogP contribution in [0.3, 0.4) is 0 Å². The SMILES string of the molecule is C[N+]1(CCCCCCCCCCOCC2COc3ccccc3O2)CCCCC1.[Br-]. The van der Waals surface area contributed by atoms with E-state index in [0.717, 1.165) is 24.5 Å². The van der Waals surface area contributed by atoms with Gasteiger partial charge in [-0.05, 0) is 50.7 Å². The maximum absolute atomic E-state index is 5.92. The molecule has 1 aromatic carbocycles. The zero-order valence-electron chi connectivity index (χ0n) is 19.0. The highest BCUT2D eigenvalue weighted by molar-refractivity contribution is 5.40. The van der Waals surface area contributed by atoms with Crippen LogP contribution in [-0.4, -0.2) is 57.1 Å². The number of ether oxygens (including phenoxy) is 3. The van der Waals surface area contributed by atoms with E-state index < -0.39 is 0 Å². The van der Waals surface area contributed by atoms with Crippen LogP contribution in [0.4, 0.5) is 0 Å². The number of para-hydroxylation sites is 2. The van der Waals surface area contributed by atoms with Gasteiger partial charge in [0.15, 0.2) is 17.6 Å². The third-order valence-corrected chi connectivity index (χ3v) is 6.50. The molecule has 0 N–H and O–H groups in total. The lowest BCUT2D eigenvalue weighted by atomic mass is 10.1. The topological polar surface area (TPSA) is 27.7 Å². The molecule has 4 nitrogen and oxygen atoms in total. The molecule has 0 amide bonds. The average Bonchev–Trinajstić information content (AvgIpc) is 2.75. The van der Waals surface area contributed by atoms with Crippen molar-refractivity contribution >= 4 is 0 Å². The Bertz CT molecular complexity index is 577. The van der Waals surface area contributed by atoms with Crippen molar-refractivity contribution in [2.45, 2.75) is 76.7 Å². The van der Waals surface area contributed by atoms with Crippen molar-refractivity contribution in [3.05, 3.63) is 24.3 Å². The molecule has 1 aromatic rings. The monoisotopic (exact) mass is 483 g/mol. The van der Waals surface area contributed by atoms with E-state index in [9.17, 15) is 0 Å². The summed E-state index contributed by atoms with van der Waals surface area (Å²) < 4.78 is 18.8. The maximum Gasteiger partial charge on any atom is 0.161 e. The van der Waals surface area contributed by atoms with E-state index in [1.54, 1.807) is 0 Å². The van der Waals surface area contributed by atoms with Crippen LogP contribution in [0.2, 0.25) is 0 Å². The van der Waals surface area contributed by atoms with Crippen LogP contribution in [0.25, 0.3) is 0 Å². The van der Waals surface area contributed by atoms with Gasteiger partial charge in [0.25, 0.3) is 0 Å². The molecule has 0 aliphatic carbocycles. The van der Waals surface area contributed by atoms with Gasteiger partial charge < -0.3 is 35.7 Å². The molecule has 0 saturated carbocycles. The Morgan fingerprint density at radius 1 is 0.867 bits per heavy atom. The van der Waals surface area contributed by atoms with Crippen LogP contribution >= 0.6 is 0 Å². The first-order chi connectivity index (χ1) is 14.3. The van der Waals surface area contributed by atoms with Crippen molar-refractivity contribution in [3.63, 3.8) is 0 Å². The third kappa shape index (κ3) is 9.15. The van der Waals surface area contributed by atoms with E-state index in [1.807, 2.05) is 24.3 Å². The number of unbranched alkanes of at least 4 members (excludes halogenated alkanes) is 7. The van der Waals surface area contributed by atoms with Crippen LogP contribution in [0.1, 0.15) is 70.6 Å². The molecule has 1 saturated heterocycles. The van der Waals surface area contributed by atoms with Crippen LogP contribution in [-0.2, 0) is 4.74 Å². The Hall–Kier alpha value is -0.780. The van der Waals surface area contributed by atoms with Crippen molar-refractivity contribution in [1.82, 2.24) is 0 Å². The lowest BCUT2D eigenvalue weighted by Crippen LogP contribution is -3.00. The van der Waals surface area contributed by atoms with Crippen molar-refractivity contribution < 1.29 is 35.7 Å². The van der Waals surface area contributed by atoms with Gasteiger partial charge in [0.05, 0.1) is 33.3 Å². The lowest BCUT2D eigenvalue weighted by molar-refractivity contribution is -0.914. The molecule has 1 fully saturated rings. The molecule has 30 heavy (non-hydrogen) atoms. The molecule has 1 atom stereocenters. The van der Waals surface area contributed by atoms with Gasteiger partial charge in [-0.3, -0.25) is 0 Å². The normalized spacial score (nSPS) is 19.8. The minimum absolute atomic E-state index is 0. The van der Waals surface area contributed by atoms with E-state index in [0.29, 0.717) is 13.2 Å². The second kappa shape index (κ2) is 14.3. The minimum atomic E-state index is 0. The van der Waals surface area contributed by atoms with E-state index in [4.69, 9.17) is 14.2 Å². The van der Waals surface area contributed by atoms with Gasteiger partial charge in [0.1, 0.15) is 6.61 Å². The summed E-state index contributed by atoms with van der Waals surface area (Å²) in [6.45, 7) is 6.25. The lowest BCUT2D eigenvalue weighted by Gasteiger charge is -2.37. The summed E-state index contributed by atoms with van der Waals surface area (Å²) in [5.74, 6) is 1.67. The zero-order valence-corrected chi connectivity index (χ0v) is 20.5. The molecule has 0 radical (unpaired) electrons. The highest BCUT2D eigenvalue weighted by Gasteiger charge is 2.23. The van der Waals surface area contributed by atoms with Crippen molar-refractivity contribution in [3.8, 4) is 11.5 Å². The van der Waals surface area contributed by atoms with Gasteiger partial charge in [-0.2, -0.15) is 0 Å². The Labute approximate surface area is 194 Å². The third-order valence-electron chi connectivity index (χ3n) is 6.50. The smallest absolute Gasteiger partial charge is 0.161 e. The Kier molecular flexibility index (Phi) is 12.2. The minimum Gasteiger partial charge on any atom is -1.00 e. The largest absolute Gasteiger partial charge is 1.00 e. The predicted molar refractivity (Wildman–Crippen MR) is 119 cm³/mol. The quantitative estimate of drug-likeness (QED) is 0.318. The molecular formula is C25H42BrNO3. The first-order valence-corrected chi connectivity index (χ1v) is 12.0. The second-order valence-electron chi connectivity index (χ2n) is 9.25. The summed E-state index contributed by atoms with van der Waals surface area (Å²) in [5.41, 5.74) is 0. The van der Waals surface area contributed by atoms with E-state index in [2.05, 4.69) is 7.05 Å². The number of piperidine rings is 1. The highest BCUT2D eigenvalue weighted by atomic mass is 79.9. The maximum atomic E-state index is 5.92. The van der Waals surface area contributed by atoms with Crippen LogP contribution in [0, 0.1) is 0 Å². The average molecular weight is 485 g/mol. The number of nitrogens with zero attached hydrogens (tertiary/aromatic N) is 1. The molecule has 0 bridgehead atoms. The summed E-state index contributed by atoms with van der Waals surface area (Å²) in [6.07, 6.45) is 15.1. The molecular weight excluding hydrogens is 442 g/mol. The van der Waals surface area contributed by atoms with E-state index in [-0.39, 0.29) is 23.1 Å². The van der Waals surface area contributed by atoms with Gasteiger partial charge in [0.2, 0.25) is 0 Å². The first-order valence-electron chi connectivity index (χ1n) is 12.0. The molecule has 0 aromatic heterocycles. The van der Waals surface area contributed by atoms with Crippen LogP contribution < -0.4 is 26.5 Å². The van der Waals surface area contributed by atoms with Crippen molar-refractivity contribution in [1.29, 1.82) is 0 Å². The number of likely N-dealkylation sites (tertiary alicyclic amines) is 1. The molecule has 2 aliphatic rings. The summed E-state index contributed by atoms with van der Waals surface area (Å²) in [7, 11) is 2.47. The Morgan fingerprint density at radius 2 is 1.50 bits per heavy atom. The number of benzene rings is 1. The Morgan fingerprint density at radius 3 is 2.23 bits per heavy atom. The summed E-state index contributed by atoms with van der Waals surface area (Å²) in [6, 6.07) is 7.84. The number of quaternary nitrogens is 1. The van der Waals surface area contributed by atoms with Gasteiger partial charge in [-0.1, -0.05) is 44.2 Å². The number of hydrogen-bond acceptors (Lipinski definition) is 3. The van der Waals surface area contributed by atoms with Gasteiger partial charge in [0, 0.05) is 6.61 Å². The summed E-state index contributed by atoms with van der Waals surface area (Å²) in [4.78, 5) is 0. The molecule has 5 heteroatoms. The standard InChI is InChI=1S/C25H42NO3.BrH/c1-26(18-12-8-13-19-26)17-11-6-4-2-3-5-7-14-20-27-21-23-22-28-24-15-9-10-16-25(24)29-23;/h9-10,15-16,23H,2-8,11-14,17-22H2,1H3;1H/q+1;/p-1. The Balaban J connectivity index is 0.00000320. The fourth-order valence-corrected chi connectivity index (χ4v) is 4.62. The number of halogens is 1. The fourth-order valence-electron chi connectivity index (χ4n) is 4.62. The zero-order chi connectivity index (χ0) is 20.2. The highest BCUT2D eigenvalue weighted by Crippen LogP contribution is 2.30. The van der Waals surface area contributed by atoms with Gasteiger partial charge >= 0.3 is 0 Å². The number of rotatable bonds is 13. The fraction of sp³-hybridized carbons (Fsp3) is 0.760. The van der Waals surface area contributed by atoms with E-state index in [1.165, 1.54) is 88.3 Å². The molecule has 2 aliphatic heterocycles. The number of fused-ring (bicyclic) bond motifs is 1. The van der Waals surface area contributed by atoms with E-state index >= 15 is 0 Å². The van der Waals surface area contributed by atoms with Gasteiger partial charge in [-0.15, -0.1) is 0 Å². The van der Waals surface area contributed by atoms with Crippen molar-refractivity contribution in [2.24, 2.45) is 0 Å². The van der Waals surface area contributed by atoms with Crippen molar-refractivity contribution in [2.75, 3.05) is 46.5 Å². The molecule has 0 spiro atoms. The molecule has 2 heterocycles. The van der Waals surface area contributed by atoms with Gasteiger partial charge in [-0.25, -0.2) is 0 Å².